The van der Waals surface area contributed by atoms with Gasteiger partial charge in [0, 0.05) is 14.7 Å². The second-order valence-electron chi connectivity index (χ2n) is 3.55. The van der Waals surface area contributed by atoms with E-state index in [-0.39, 0.29) is 0 Å². The second kappa shape index (κ2) is 5.99. The first-order chi connectivity index (χ1) is 8.31. The molecule has 0 heterocycles. The minimum Gasteiger partial charge on any atom is -0.130 e. The SMILES string of the molecule is C=Cc1ccc(Sc2ccc(SC)cc2)cc1. The fraction of sp³-hybridized carbons (Fsp3) is 0.0667. The zero-order valence-electron chi connectivity index (χ0n) is 9.72. The van der Waals surface area contributed by atoms with E-state index in [1.807, 2.05) is 6.08 Å². The number of rotatable bonds is 4. The van der Waals surface area contributed by atoms with Crippen molar-refractivity contribution in [2.45, 2.75) is 14.7 Å². The van der Waals surface area contributed by atoms with Gasteiger partial charge in [-0.05, 0) is 48.2 Å². The highest BCUT2D eigenvalue weighted by atomic mass is 32.2. The zero-order chi connectivity index (χ0) is 12.1. The van der Waals surface area contributed by atoms with Gasteiger partial charge in [0.15, 0.2) is 0 Å². The van der Waals surface area contributed by atoms with Crippen molar-refractivity contribution in [2.75, 3.05) is 6.26 Å². The Morgan fingerprint density at radius 2 is 1.29 bits per heavy atom. The minimum absolute atomic E-state index is 1.16. The predicted molar refractivity (Wildman–Crippen MR) is 78.9 cm³/mol. The van der Waals surface area contributed by atoms with Crippen molar-refractivity contribution in [3.63, 3.8) is 0 Å². The van der Waals surface area contributed by atoms with E-state index >= 15 is 0 Å². The Balaban J connectivity index is 2.10. The van der Waals surface area contributed by atoms with E-state index < -0.39 is 0 Å². The van der Waals surface area contributed by atoms with Gasteiger partial charge in [0.05, 0.1) is 0 Å². The van der Waals surface area contributed by atoms with E-state index in [1.165, 1.54) is 14.7 Å². The summed E-state index contributed by atoms with van der Waals surface area (Å²) in [7, 11) is 0. The predicted octanol–water partition coefficient (Wildman–Crippen LogP) is 5.20. The lowest BCUT2D eigenvalue weighted by atomic mass is 10.2. The van der Waals surface area contributed by atoms with Gasteiger partial charge in [-0.15, -0.1) is 11.8 Å². The molecule has 0 unspecified atom stereocenters. The van der Waals surface area contributed by atoms with E-state index in [4.69, 9.17) is 0 Å². The van der Waals surface area contributed by atoms with Gasteiger partial charge in [0.2, 0.25) is 0 Å². The lowest BCUT2D eigenvalue weighted by Crippen LogP contribution is -1.76. The molecular formula is C15H14S2. The molecule has 0 fully saturated rings. The summed E-state index contributed by atoms with van der Waals surface area (Å²) in [6.45, 7) is 3.75. The molecule has 0 aromatic heterocycles. The van der Waals surface area contributed by atoms with Crippen LogP contribution < -0.4 is 0 Å². The Kier molecular flexibility index (Phi) is 4.35. The van der Waals surface area contributed by atoms with Crippen molar-refractivity contribution in [1.29, 1.82) is 0 Å². The maximum atomic E-state index is 3.75. The van der Waals surface area contributed by atoms with Crippen molar-refractivity contribution in [3.05, 3.63) is 60.7 Å². The van der Waals surface area contributed by atoms with Crippen molar-refractivity contribution in [3.8, 4) is 0 Å². The average molecular weight is 258 g/mol. The van der Waals surface area contributed by atoms with Crippen LogP contribution in [0.25, 0.3) is 6.08 Å². The smallest absolute Gasteiger partial charge is 0.0123 e. The molecule has 2 aromatic carbocycles. The highest BCUT2D eigenvalue weighted by Crippen LogP contribution is 2.29. The highest BCUT2D eigenvalue weighted by Gasteiger charge is 1.97. The third-order valence-electron chi connectivity index (χ3n) is 2.41. The Hall–Kier alpha value is -1.12. The largest absolute Gasteiger partial charge is 0.130 e. The van der Waals surface area contributed by atoms with Crippen LogP contribution in [0.15, 0.2) is 69.8 Å². The lowest BCUT2D eigenvalue weighted by Gasteiger charge is -2.03. The topological polar surface area (TPSA) is 0 Å². The van der Waals surface area contributed by atoms with E-state index in [0.29, 0.717) is 0 Å². The van der Waals surface area contributed by atoms with Gasteiger partial charge < -0.3 is 0 Å². The van der Waals surface area contributed by atoms with Gasteiger partial charge in [-0.1, -0.05) is 36.5 Å². The molecule has 86 valence electrons. The average Bonchev–Trinajstić information content (AvgIpc) is 2.40. The van der Waals surface area contributed by atoms with Crippen LogP contribution in [0, 0.1) is 0 Å². The zero-order valence-corrected chi connectivity index (χ0v) is 11.4. The number of thioether (sulfide) groups is 1. The molecule has 2 heteroatoms. The molecule has 0 saturated carbocycles. The summed E-state index contributed by atoms with van der Waals surface area (Å²) < 4.78 is 0. The summed E-state index contributed by atoms with van der Waals surface area (Å²) in [6, 6.07) is 17.1. The van der Waals surface area contributed by atoms with E-state index in [9.17, 15) is 0 Å². The van der Waals surface area contributed by atoms with E-state index in [0.717, 1.165) is 5.56 Å². The Bertz CT molecular complexity index is 483. The van der Waals surface area contributed by atoms with Crippen LogP contribution in [0.2, 0.25) is 0 Å². The summed E-state index contributed by atoms with van der Waals surface area (Å²) >= 11 is 3.55. The third-order valence-corrected chi connectivity index (χ3v) is 4.17. The van der Waals surface area contributed by atoms with E-state index in [1.54, 1.807) is 23.5 Å². The monoisotopic (exact) mass is 258 g/mol. The number of hydrogen-bond donors (Lipinski definition) is 0. The third kappa shape index (κ3) is 3.42. The molecule has 17 heavy (non-hydrogen) atoms. The van der Waals surface area contributed by atoms with E-state index in [2.05, 4.69) is 61.4 Å². The molecule has 0 aliphatic carbocycles. The summed E-state index contributed by atoms with van der Waals surface area (Å²) in [5.41, 5.74) is 1.16. The van der Waals surface area contributed by atoms with Crippen LogP contribution >= 0.6 is 23.5 Å². The Morgan fingerprint density at radius 1 is 0.824 bits per heavy atom. The molecule has 0 radical (unpaired) electrons. The van der Waals surface area contributed by atoms with Crippen LogP contribution in [-0.2, 0) is 0 Å². The molecule has 0 N–H and O–H groups in total. The summed E-state index contributed by atoms with van der Waals surface area (Å²) in [5.74, 6) is 0. The summed E-state index contributed by atoms with van der Waals surface area (Å²) in [6.07, 6.45) is 3.96. The maximum absolute atomic E-state index is 3.75. The molecule has 0 saturated heterocycles. The van der Waals surface area contributed by atoms with Gasteiger partial charge in [0.1, 0.15) is 0 Å². The second-order valence-corrected chi connectivity index (χ2v) is 5.58. The normalized spacial score (nSPS) is 10.2. The summed E-state index contributed by atoms with van der Waals surface area (Å²) in [4.78, 5) is 3.83. The van der Waals surface area contributed by atoms with Crippen LogP contribution in [0.1, 0.15) is 5.56 Å². The number of benzene rings is 2. The first-order valence-corrected chi connectivity index (χ1v) is 7.40. The van der Waals surface area contributed by atoms with Crippen LogP contribution in [0.4, 0.5) is 0 Å². The van der Waals surface area contributed by atoms with Crippen LogP contribution in [0.5, 0.6) is 0 Å². The van der Waals surface area contributed by atoms with Crippen molar-refractivity contribution >= 4 is 29.6 Å². The standard InChI is InChI=1S/C15H14S2/c1-3-12-4-6-14(7-5-12)17-15-10-8-13(16-2)9-11-15/h3-11H,1H2,2H3. The van der Waals surface area contributed by atoms with Gasteiger partial charge in [-0.2, -0.15) is 0 Å². The Morgan fingerprint density at radius 3 is 1.76 bits per heavy atom. The first kappa shape index (κ1) is 12.3. The van der Waals surface area contributed by atoms with Crippen molar-refractivity contribution in [1.82, 2.24) is 0 Å². The molecule has 2 rings (SSSR count). The van der Waals surface area contributed by atoms with Gasteiger partial charge in [-0.25, -0.2) is 0 Å². The molecular weight excluding hydrogens is 244 g/mol. The fourth-order valence-corrected chi connectivity index (χ4v) is 2.68. The van der Waals surface area contributed by atoms with Gasteiger partial charge >= 0.3 is 0 Å². The molecule has 0 nitrogen and oxygen atoms in total. The minimum atomic E-state index is 1.16. The van der Waals surface area contributed by atoms with Crippen LogP contribution in [-0.4, -0.2) is 6.26 Å². The molecule has 0 spiro atoms. The number of hydrogen-bond acceptors (Lipinski definition) is 2. The quantitative estimate of drug-likeness (QED) is 0.691. The van der Waals surface area contributed by atoms with Gasteiger partial charge in [0.25, 0.3) is 0 Å². The lowest BCUT2D eigenvalue weighted by molar-refractivity contribution is 1.34. The van der Waals surface area contributed by atoms with Crippen LogP contribution in [0.3, 0.4) is 0 Å². The molecule has 0 amide bonds. The Labute approximate surface area is 111 Å². The van der Waals surface area contributed by atoms with Gasteiger partial charge in [-0.3, -0.25) is 0 Å². The molecule has 0 aliphatic rings. The van der Waals surface area contributed by atoms with Crippen molar-refractivity contribution in [2.24, 2.45) is 0 Å². The maximum Gasteiger partial charge on any atom is 0.0123 e. The molecule has 0 atom stereocenters. The molecule has 0 bridgehead atoms. The molecule has 2 aromatic rings. The first-order valence-electron chi connectivity index (χ1n) is 5.36. The highest BCUT2D eigenvalue weighted by molar-refractivity contribution is 7.99. The van der Waals surface area contributed by atoms with Crippen molar-refractivity contribution < 1.29 is 0 Å². The summed E-state index contributed by atoms with van der Waals surface area (Å²) in [5, 5.41) is 0. The molecule has 0 aliphatic heterocycles. The fourth-order valence-electron chi connectivity index (χ4n) is 1.45.